The fourth-order valence-corrected chi connectivity index (χ4v) is 3.72. The molecule has 1 saturated carbocycles. The van der Waals surface area contributed by atoms with E-state index in [4.69, 9.17) is 0 Å². The lowest BCUT2D eigenvalue weighted by Crippen LogP contribution is -2.54. The van der Waals surface area contributed by atoms with E-state index in [1.807, 2.05) is 0 Å². The first-order chi connectivity index (χ1) is 8.96. The monoisotopic (exact) mass is 287 g/mol. The SMILES string of the molecule is O=C(O)C1(NS(=O)(=O)c2cn[nH]c2)CCCCCC1. The summed E-state index contributed by atoms with van der Waals surface area (Å²) in [6.07, 6.45) is 6.31. The molecule has 3 N–H and O–H groups in total. The summed E-state index contributed by atoms with van der Waals surface area (Å²) < 4.78 is 26.7. The molecule has 1 aliphatic rings. The van der Waals surface area contributed by atoms with Crippen LogP contribution in [0.4, 0.5) is 0 Å². The van der Waals surface area contributed by atoms with Crippen molar-refractivity contribution < 1.29 is 18.3 Å². The topological polar surface area (TPSA) is 112 Å². The summed E-state index contributed by atoms with van der Waals surface area (Å²) in [6.45, 7) is 0. The van der Waals surface area contributed by atoms with Crippen LogP contribution in [0, 0.1) is 0 Å². The molecule has 0 saturated heterocycles. The molecule has 1 fully saturated rings. The van der Waals surface area contributed by atoms with Gasteiger partial charge in [-0.2, -0.15) is 9.82 Å². The third kappa shape index (κ3) is 2.95. The molecule has 1 aromatic rings. The highest BCUT2D eigenvalue weighted by Gasteiger charge is 2.42. The number of aliphatic carboxylic acids is 1. The van der Waals surface area contributed by atoms with Crippen molar-refractivity contribution >= 4 is 16.0 Å². The average Bonchev–Trinajstić information content (AvgIpc) is 2.78. The molecular formula is C11H17N3O4S. The van der Waals surface area contributed by atoms with E-state index in [1.165, 1.54) is 6.20 Å². The standard InChI is InChI=1S/C11H17N3O4S/c15-10(16)11(5-3-1-2-4-6-11)14-19(17,18)9-7-12-13-8-9/h7-8,14H,1-6H2,(H,12,13)(H,15,16). The number of rotatable bonds is 4. The Labute approximate surface area is 111 Å². The van der Waals surface area contributed by atoms with Crippen molar-refractivity contribution in [2.45, 2.75) is 49.0 Å². The second-order valence-electron chi connectivity index (χ2n) is 4.84. The number of carbonyl (C=O) groups is 1. The number of hydrogen-bond acceptors (Lipinski definition) is 4. The fourth-order valence-electron chi connectivity index (χ4n) is 2.39. The predicted octanol–water partition coefficient (Wildman–Crippen LogP) is 0.866. The van der Waals surface area contributed by atoms with Crippen molar-refractivity contribution in [1.82, 2.24) is 14.9 Å². The van der Waals surface area contributed by atoms with Gasteiger partial charge >= 0.3 is 5.97 Å². The Bertz CT molecular complexity index is 530. The normalized spacial score (nSPS) is 19.8. The largest absolute Gasteiger partial charge is 0.480 e. The highest BCUT2D eigenvalue weighted by molar-refractivity contribution is 7.89. The van der Waals surface area contributed by atoms with Crippen LogP contribution >= 0.6 is 0 Å². The van der Waals surface area contributed by atoms with Gasteiger partial charge in [-0.05, 0) is 12.8 Å². The zero-order valence-corrected chi connectivity index (χ0v) is 11.2. The third-order valence-corrected chi connectivity index (χ3v) is 4.98. The molecule has 0 aromatic carbocycles. The van der Waals surface area contributed by atoms with Crippen molar-refractivity contribution in [2.24, 2.45) is 0 Å². The fraction of sp³-hybridized carbons (Fsp3) is 0.636. The molecule has 0 amide bonds. The first-order valence-electron chi connectivity index (χ1n) is 6.22. The van der Waals surface area contributed by atoms with Gasteiger partial charge in [0.05, 0.1) is 6.20 Å². The van der Waals surface area contributed by atoms with Crippen LogP contribution in [0.3, 0.4) is 0 Å². The molecular weight excluding hydrogens is 270 g/mol. The van der Waals surface area contributed by atoms with E-state index >= 15 is 0 Å². The summed E-state index contributed by atoms with van der Waals surface area (Å²) in [7, 11) is -3.86. The predicted molar refractivity (Wildman–Crippen MR) is 67.0 cm³/mol. The van der Waals surface area contributed by atoms with Crippen LogP contribution in [0.5, 0.6) is 0 Å². The Hall–Kier alpha value is -1.41. The Morgan fingerprint density at radius 1 is 1.32 bits per heavy atom. The number of nitrogens with one attached hydrogen (secondary N) is 2. The van der Waals surface area contributed by atoms with Crippen LogP contribution in [0.25, 0.3) is 0 Å². The maximum Gasteiger partial charge on any atom is 0.324 e. The van der Waals surface area contributed by atoms with Gasteiger partial charge in [0.15, 0.2) is 0 Å². The lowest BCUT2D eigenvalue weighted by molar-refractivity contribution is -0.144. The summed E-state index contributed by atoms with van der Waals surface area (Å²) in [4.78, 5) is 11.5. The van der Waals surface area contributed by atoms with E-state index in [1.54, 1.807) is 0 Å². The van der Waals surface area contributed by atoms with E-state index in [0.717, 1.165) is 19.0 Å². The van der Waals surface area contributed by atoms with Crippen LogP contribution in [0.1, 0.15) is 38.5 Å². The van der Waals surface area contributed by atoms with Crippen molar-refractivity contribution in [3.63, 3.8) is 0 Å². The minimum atomic E-state index is -3.86. The van der Waals surface area contributed by atoms with Crippen LogP contribution < -0.4 is 4.72 Å². The number of carboxylic acids is 1. The summed E-state index contributed by atoms with van der Waals surface area (Å²) >= 11 is 0. The van der Waals surface area contributed by atoms with Crippen LogP contribution in [0.2, 0.25) is 0 Å². The molecule has 0 radical (unpaired) electrons. The second-order valence-corrected chi connectivity index (χ2v) is 6.52. The maximum absolute atomic E-state index is 12.1. The van der Waals surface area contributed by atoms with Gasteiger partial charge in [-0.25, -0.2) is 8.42 Å². The zero-order chi connectivity index (χ0) is 13.9. The number of H-pyrrole nitrogens is 1. The number of nitrogens with zero attached hydrogens (tertiary/aromatic N) is 1. The number of aromatic nitrogens is 2. The minimum absolute atomic E-state index is 0.0441. The molecule has 106 valence electrons. The van der Waals surface area contributed by atoms with Gasteiger partial charge in [0.25, 0.3) is 0 Å². The molecule has 0 atom stereocenters. The van der Waals surface area contributed by atoms with Gasteiger partial charge in [0.1, 0.15) is 10.4 Å². The lowest BCUT2D eigenvalue weighted by atomic mass is 9.92. The summed E-state index contributed by atoms with van der Waals surface area (Å²) in [6, 6.07) is 0. The van der Waals surface area contributed by atoms with Crippen LogP contribution in [-0.4, -0.2) is 35.2 Å². The minimum Gasteiger partial charge on any atom is -0.480 e. The molecule has 1 aromatic heterocycles. The molecule has 1 heterocycles. The molecule has 1 aliphatic carbocycles. The van der Waals surface area contributed by atoms with E-state index in [0.29, 0.717) is 25.7 Å². The molecule has 0 aliphatic heterocycles. The Morgan fingerprint density at radius 3 is 2.42 bits per heavy atom. The highest BCUT2D eigenvalue weighted by atomic mass is 32.2. The van der Waals surface area contributed by atoms with Gasteiger partial charge < -0.3 is 5.11 Å². The first kappa shape index (κ1) is 14.0. The molecule has 19 heavy (non-hydrogen) atoms. The Balaban J connectivity index is 2.28. The zero-order valence-electron chi connectivity index (χ0n) is 10.4. The number of hydrogen-bond donors (Lipinski definition) is 3. The van der Waals surface area contributed by atoms with Crippen molar-refractivity contribution in [2.75, 3.05) is 0 Å². The number of sulfonamides is 1. The molecule has 8 heteroatoms. The summed E-state index contributed by atoms with van der Waals surface area (Å²) in [5.74, 6) is -1.11. The smallest absolute Gasteiger partial charge is 0.324 e. The molecule has 2 rings (SSSR count). The van der Waals surface area contributed by atoms with E-state index < -0.39 is 21.5 Å². The molecule has 7 nitrogen and oxygen atoms in total. The Morgan fingerprint density at radius 2 is 1.95 bits per heavy atom. The van der Waals surface area contributed by atoms with Gasteiger partial charge in [-0.15, -0.1) is 0 Å². The van der Waals surface area contributed by atoms with Gasteiger partial charge in [0.2, 0.25) is 10.0 Å². The third-order valence-electron chi connectivity index (χ3n) is 3.48. The first-order valence-corrected chi connectivity index (χ1v) is 7.71. The van der Waals surface area contributed by atoms with Gasteiger partial charge in [-0.1, -0.05) is 25.7 Å². The molecule has 0 bridgehead atoms. The maximum atomic E-state index is 12.1. The second kappa shape index (κ2) is 5.30. The quantitative estimate of drug-likeness (QED) is 0.711. The van der Waals surface area contributed by atoms with Crippen LogP contribution in [-0.2, 0) is 14.8 Å². The highest BCUT2D eigenvalue weighted by Crippen LogP contribution is 2.29. The van der Waals surface area contributed by atoms with E-state index in [2.05, 4.69) is 14.9 Å². The summed E-state index contributed by atoms with van der Waals surface area (Å²) in [5, 5.41) is 15.4. The number of carboxylic acid groups (broad SMARTS) is 1. The van der Waals surface area contributed by atoms with Crippen molar-refractivity contribution in [1.29, 1.82) is 0 Å². The van der Waals surface area contributed by atoms with Gasteiger partial charge in [0, 0.05) is 6.20 Å². The van der Waals surface area contributed by atoms with Gasteiger partial charge in [-0.3, -0.25) is 9.89 Å². The number of aromatic amines is 1. The van der Waals surface area contributed by atoms with Crippen molar-refractivity contribution in [3.8, 4) is 0 Å². The average molecular weight is 287 g/mol. The van der Waals surface area contributed by atoms with Crippen LogP contribution in [0.15, 0.2) is 17.3 Å². The Kier molecular flexibility index (Phi) is 3.91. The summed E-state index contributed by atoms with van der Waals surface area (Å²) in [5.41, 5.74) is -1.40. The van der Waals surface area contributed by atoms with E-state index in [9.17, 15) is 18.3 Å². The lowest BCUT2D eigenvalue weighted by Gasteiger charge is -2.28. The van der Waals surface area contributed by atoms with E-state index in [-0.39, 0.29) is 4.90 Å². The molecule has 0 spiro atoms. The van der Waals surface area contributed by atoms with Crippen molar-refractivity contribution in [3.05, 3.63) is 12.4 Å². The molecule has 0 unspecified atom stereocenters.